The topological polar surface area (TPSA) is 77.1 Å². The lowest BCUT2D eigenvalue weighted by atomic mass is 10.1. The van der Waals surface area contributed by atoms with E-state index in [-0.39, 0.29) is 10.6 Å². The lowest BCUT2D eigenvalue weighted by Gasteiger charge is -2.28. The highest BCUT2D eigenvalue weighted by molar-refractivity contribution is 7.89. The minimum Gasteiger partial charge on any atom is -0.497 e. The molecule has 0 bridgehead atoms. The lowest BCUT2D eigenvalue weighted by Crippen LogP contribution is -2.36. The first-order valence-electron chi connectivity index (χ1n) is 9.67. The van der Waals surface area contributed by atoms with Crippen LogP contribution < -0.4 is 19.1 Å². The Morgan fingerprint density at radius 2 is 1.76 bits per heavy atom. The van der Waals surface area contributed by atoms with Crippen LogP contribution in [0.1, 0.15) is 12.0 Å². The summed E-state index contributed by atoms with van der Waals surface area (Å²) in [7, 11) is -0.743. The van der Waals surface area contributed by atoms with Crippen molar-refractivity contribution in [2.24, 2.45) is 0 Å². The number of hydrogen-bond acceptors (Lipinski definition) is 6. The van der Waals surface area contributed by atoms with Crippen molar-refractivity contribution in [2.45, 2.75) is 17.7 Å². The molecule has 0 radical (unpaired) electrons. The monoisotopic (exact) mass is 420 g/mol. The lowest BCUT2D eigenvalue weighted by molar-refractivity contribution is 0.122. The van der Waals surface area contributed by atoms with Gasteiger partial charge in [0.2, 0.25) is 10.0 Å². The van der Waals surface area contributed by atoms with E-state index in [9.17, 15) is 8.42 Å². The summed E-state index contributed by atoms with van der Waals surface area (Å²) in [5.41, 5.74) is 2.38. The number of rotatable bonds is 9. The van der Waals surface area contributed by atoms with Crippen LogP contribution >= 0.6 is 0 Å². The van der Waals surface area contributed by atoms with Gasteiger partial charge in [-0.25, -0.2) is 13.1 Å². The summed E-state index contributed by atoms with van der Waals surface area (Å²) in [6, 6.07) is 13.2. The van der Waals surface area contributed by atoms with E-state index in [0.29, 0.717) is 18.7 Å². The Balaban J connectivity index is 1.53. The number of methoxy groups -OCH3 is 2. The second kappa shape index (κ2) is 9.96. The van der Waals surface area contributed by atoms with Crippen molar-refractivity contribution in [1.82, 2.24) is 4.72 Å². The third-order valence-corrected chi connectivity index (χ3v) is 6.39. The number of sulfonamides is 1. The second-order valence-electron chi connectivity index (χ2n) is 6.78. The van der Waals surface area contributed by atoms with Crippen molar-refractivity contribution in [3.8, 4) is 11.5 Å². The first-order valence-corrected chi connectivity index (χ1v) is 11.1. The van der Waals surface area contributed by atoms with E-state index in [0.717, 1.165) is 32.7 Å². The highest BCUT2D eigenvalue weighted by Crippen LogP contribution is 2.28. The van der Waals surface area contributed by atoms with Crippen molar-refractivity contribution in [1.29, 1.82) is 0 Å². The van der Waals surface area contributed by atoms with E-state index in [1.807, 2.05) is 0 Å². The molecular formula is C21H28N2O5S. The summed E-state index contributed by atoms with van der Waals surface area (Å²) in [6.07, 6.45) is 1.49. The van der Waals surface area contributed by atoms with Crippen LogP contribution in [0.15, 0.2) is 47.4 Å². The highest BCUT2D eigenvalue weighted by atomic mass is 32.2. The molecule has 1 saturated heterocycles. The largest absolute Gasteiger partial charge is 0.497 e. The van der Waals surface area contributed by atoms with E-state index in [4.69, 9.17) is 14.2 Å². The van der Waals surface area contributed by atoms with E-state index in [1.165, 1.54) is 31.5 Å². The van der Waals surface area contributed by atoms with Gasteiger partial charge in [-0.1, -0.05) is 12.1 Å². The fourth-order valence-corrected chi connectivity index (χ4v) is 4.52. The molecule has 2 aromatic carbocycles. The Morgan fingerprint density at radius 1 is 1.03 bits per heavy atom. The Kier molecular flexibility index (Phi) is 7.35. The van der Waals surface area contributed by atoms with Crippen molar-refractivity contribution in [3.63, 3.8) is 0 Å². The van der Waals surface area contributed by atoms with E-state index < -0.39 is 10.0 Å². The smallest absolute Gasteiger partial charge is 0.244 e. The van der Waals surface area contributed by atoms with Crippen molar-refractivity contribution >= 4 is 15.7 Å². The van der Waals surface area contributed by atoms with Gasteiger partial charge in [0.05, 0.1) is 27.4 Å². The summed E-state index contributed by atoms with van der Waals surface area (Å²) in [5, 5.41) is 0. The standard InChI is InChI=1S/C21H28N2O5S/c1-26-19-9-10-20(27-2)21(16-19)29(24,25)22-11-3-4-17-5-7-18(8-6-17)23-12-14-28-15-13-23/h5-10,16,22H,3-4,11-15H2,1-2H3. The summed E-state index contributed by atoms with van der Waals surface area (Å²) >= 11 is 0. The van der Waals surface area contributed by atoms with Gasteiger partial charge in [-0.15, -0.1) is 0 Å². The van der Waals surface area contributed by atoms with Crippen LogP contribution in [0.3, 0.4) is 0 Å². The van der Waals surface area contributed by atoms with Crippen molar-refractivity contribution < 1.29 is 22.6 Å². The second-order valence-corrected chi connectivity index (χ2v) is 8.52. The predicted molar refractivity (Wildman–Crippen MR) is 113 cm³/mol. The maximum Gasteiger partial charge on any atom is 0.244 e. The molecule has 7 nitrogen and oxygen atoms in total. The van der Waals surface area contributed by atoms with Crippen LogP contribution in [0.2, 0.25) is 0 Å². The molecule has 0 unspecified atom stereocenters. The fourth-order valence-electron chi connectivity index (χ4n) is 3.27. The molecule has 0 saturated carbocycles. The number of morpholine rings is 1. The van der Waals surface area contributed by atoms with Crippen LogP contribution in [0.5, 0.6) is 11.5 Å². The van der Waals surface area contributed by atoms with Gasteiger partial charge < -0.3 is 19.1 Å². The van der Waals surface area contributed by atoms with Gasteiger partial charge in [-0.3, -0.25) is 0 Å². The van der Waals surface area contributed by atoms with Gasteiger partial charge in [0.25, 0.3) is 0 Å². The Morgan fingerprint density at radius 3 is 2.41 bits per heavy atom. The van der Waals surface area contributed by atoms with Crippen LogP contribution in [-0.4, -0.2) is 55.5 Å². The molecule has 2 aromatic rings. The summed E-state index contributed by atoms with van der Waals surface area (Å²) in [5.74, 6) is 0.753. The molecule has 0 aliphatic carbocycles. The molecule has 1 heterocycles. The number of hydrogen-bond donors (Lipinski definition) is 1. The number of nitrogens with zero attached hydrogens (tertiary/aromatic N) is 1. The third kappa shape index (κ3) is 5.62. The van der Waals surface area contributed by atoms with E-state index in [1.54, 1.807) is 12.1 Å². The fraction of sp³-hybridized carbons (Fsp3) is 0.429. The third-order valence-electron chi connectivity index (χ3n) is 4.91. The molecule has 0 aromatic heterocycles. The van der Waals surface area contributed by atoms with E-state index in [2.05, 4.69) is 33.9 Å². The summed E-state index contributed by atoms with van der Waals surface area (Å²) < 4.78 is 43.6. The number of aryl methyl sites for hydroxylation is 1. The van der Waals surface area contributed by atoms with Gasteiger partial charge in [-0.2, -0.15) is 0 Å². The molecule has 1 N–H and O–H groups in total. The van der Waals surface area contributed by atoms with Gasteiger partial charge in [0, 0.05) is 31.4 Å². The zero-order valence-electron chi connectivity index (χ0n) is 16.9. The molecule has 158 valence electrons. The first kappa shape index (κ1) is 21.4. The minimum absolute atomic E-state index is 0.0780. The van der Waals surface area contributed by atoms with Crippen LogP contribution in [0.4, 0.5) is 5.69 Å². The highest BCUT2D eigenvalue weighted by Gasteiger charge is 2.20. The average molecular weight is 421 g/mol. The zero-order valence-corrected chi connectivity index (χ0v) is 17.7. The number of anilines is 1. The van der Waals surface area contributed by atoms with Crippen LogP contribution in [0, 0.1) is 0 Å². The molecule has 3 rings (SSSR count). The molecule has 1 aliphatic rings. The maximum atomic E-state index is 12.6. The number of ether oxygens (including phenoxy) is 3. The Bertz CT molecular complexity index is 894. The van der Waals surface area contributed by atoms with Crippen LogP contribution in [0.25, 0.3) is 0 Å². The minimum atomic E-state index is -3.68. The first-order chi connectivity index (χ1) is 14.0. The van der Waals surface area contributed by atoms with Gasteiger partial charge in [-0.05, 0) is 42.7 Å². The molecule has 0 spiro atoms. The Labute approximate surface area is 172 Å². The van der Waals surface area contributed by atoms with Crippen molar-refractivity contribution in [3.05, 3.63) is 48.0 Å². The summed E-state index contributed by atoms with van der Waals surface area (Å²) in [6.45, 7) is 3.69. The molecule has 0 amide bonds. The zero-order chi connectivity index (χ0) is 20.7. The molecule has 0 atom stereocenters. The number of nitrogens with one attached hydrogen (secondary N) is 1. The molecule has 8 heteroatoms. The molecular weight excluding hydrogens is 392 g/mol. The quantitative estimate of drug-likeness (QED) is 0.628. The van der Waals surface area contributed by atoms with E-state index >= 15 is 0 Å². The van der Waals surface area contributed by atoms with Gasteiger partial charge in [0.1, 0.15) is 16.4 Å². The average Bonchev–Trinajstić information content (AvgIpc) is 2.77. The maximum absolute atomic E-state index is 12.6. The predicted octanol–water partition coefficient (Wildman–Crippen LogP) is 2.45. The SMILES string of the molecule is COc1ccc(OC)c(S(=O)(=O)NCCCc2ccc(N3CCOCC3)cc2)c1. The van der Waals surface area contributed by atoms with Crippen molar-refractivity contribution in [2.75, 3.05) is 52.0 Å². The normalized spacial score (nSPS) is 14.6. The van der Waals surface area contributed by atoms with Gasteiger partial charge in [0.15, 0.2) is 0 Å². The molecule has 29 heavy (non-hydrogen) atoms. The molecule has 1 aliphatic heterocycles. The summed E-state index contributed by atoms with van der Waals surface area (Å²) in [4.78, 5) is 2.39. The Hall–Kier alpha value is -2.29. The van der Waals surface area contributed by atoms with Crippen LogP contribution in [-0.2, 0) is 21.2 Å². The number of benzene rings is 2. The van der Waals surface area contributed by atoms with Gasteiger partial charge >= 0.3 is 0 Å². The molecule has 1 fully saturated rings.